The maximum Gasteiger partial charge on any atom is 1.00 e. The summed E-state index contributed by atoms with van der Waals surface area (Å²) >= 11 is 2.97. The molecule has 0 bridgehead atoms. The molecule has 0 heterocycles. The Balaban J connectivity index is -0.0000000183. The smallest absolute Gasteiger partial charge is 0.870 e. The van der Waals surface area contributed by atoms with Gasteiger partial charge in [-0.25, -0.2) is 0 Å². The van der Waals surface area contributed by atoms with Crippen LogP contribution >= 0.6 is 8.25 Å². The Morgan fingerprint density at radius 1 is 1.62 bits per heavy atom. The average molecular weight is 169 g/mol. The van der Waals surface area contributed by atoms with Gasteiger partial charge in [-0.3, -0.25) is 0 Å². The molecule has 8 heavy (non-hydrogen) atoms. The molecule has 0 amide bonds. The summed E-state index contributed by atoms with van der Waals surface area (Å²) in [6.45, 7) is 0. The first-order chi connectivity index (χ1) is 2.73. The molecule has 0 aliphatic heterocycles. The summed E-state index contributed by atoms with van der Waals surface area (Å²) in [5, 5.41) is 0. The van der Waals surface area contributed by atoms with Crippen LogP contribution < -0.4 is 34.5 Å². The molecule has 1 atom stereocenters. The minimum Gasteiger partial charge on any atom is -0.870 e. The zero-order chi connectivity index (χ0) is 5.58. The van der Waals surface area contributed by atoms with E-state index < -0.39 is 8.25 Å². The fourth-order valence-corrected chi connectivity index (χ4v) is 0. The van der Waals surface area contributed by atoms with Gasteiger partial charge in [0.15, 0.2) is 0 Å². The SMILES string of the molecule is C[SH2+].O=[P+]([O-])O.[Na+].[OH-]. The van der Waals surface area contributed by atoms with Crippen LogP contribution in [0.4, 0.5) is 0 Å². The fourth-order valence-electron chi connectivity index (χ4n) is 0. The summed E-state index contributed by atoms with van der Waals surface area (Å²) in [4.78, 5) is 15.6. The largest absolute Gasteiger partial charge is 1.00 e. The van der Waals surface area contributed by atoms with Crippen molar-refractivity contribution in [3.8, 4) is 0 Å². The van der Waals surface area contributed by atoms with Crippen LogP contribution in [0, 0.1) is 0 Å². The first-order valence-electron chi connectivity index (χ1n) is 1.07. The summed E-state index contributed by atoms with van der Waals surface area (Å²) in [5.41, 5.74) is 0. The molecular formula is CH7NaO4PS+. The van der Waals surface area contributed by atoms with Crippen molar-refractivity contribution in [3.63, 3.8) is 0 Å². The third-order valence-electron chi connectivity index (χ3n) is 0. The maximum absolute atomic E-state index is 8.59. The molecule has 7 heteroatoms. The fraction of sp³-hybridized carbons (Fsp3) is 1.00. The third-order valence-corrected chi connectivity index (χ3v) is 0. The Morgan fingerprint density at radius 3 is 1.62 bits per heavy atom. The Bertz CT molecular complexity index is 39.0. The first-order valence-corrected chi connectivity index (χ1v) is 3.20. The molecule has 0 spiro atoms. The number of hydrogen-bond acceptors (Lipinski definition) is 3. The van der Waals surface area contributed by atoms with E-state index in [-0.39, 0.29) is 35.0 Å². The van der Waals surface area contributed by atoms with E-state index in [9.17, 15) is 0 Å². The van der Waals surface area contributed by atoms with Gasteiger partial charge in [0.1, 0.15) is 0 Å². The summed E-state index contributed by atoms with van der Waals surface area (Å²) < 4.78 is 8.59. The molecule has 0 aromatic heterocycles. The number of hydrogen-bond donors (Lipinski definition) is 1. The molecule has 0 aromatic carbocycles. The van der Waals surface area contributed by atoms with Crippen molar-refractivity contribution >= 4 is 20.9 Å². The molecule has 1 unspecified atom stereocenters. The third kappa shape index (κ3) is 166. The molecule has 0 aliphatic carbocycles. The molecule has 46 valence electrons. The van der Waals surface area contributed by atoms with Crippen molar-refractivity contribution in [1.29, 1.82) is 0 Å². The van der Waals surface area contributed by atoms with Crippen molar-refractivity contribution in [3.05, 3.63) is 0 Å². The second kappa shape index (κ2) is 23.9. The van der Waals surface area contributed by atoms with Gasteiger partial charge in [-0.2, -0.15) is 4.89 Å². The average Bonchev–Trinajstić information content (AvgIpc) is 1.41. The van der Waals surface area contributed by atoms with Gasteiger partial charge in [0, 0.05) is 0 Å². The summed E-state index contributed by atoms with van der Waals surface area (Å²) in [6, 6.07) is 0. The van der Waals surface area contributed by atoms with Crippen LogP contribution in [0.3, 0.4) is 0 Å². The van der Waals surface area contributed by atoms with Crippen molar-refractivity contribution in [1.82, 2.24) is 0 Å². The normalized spacial score (nSPS) is 6.25. The molecule has 0 rings (SSSR count). The molecule has 0 aromatic rings. The van der Waals surface area contributed by atoms with Crippen LogP contribution in [0.15, 0.2) is 0 Å². The van der Waals surface area contributed by atoms with Crippen LogP contribution in [-0.2, 0) is 17.2 Å². The van der Waals surface area contributed by atoms with Crippen molar-refractivity contribution in [2.45, 2.75) is 0 Å². The van der Waals surface area contributed by atoms with Crippen LogP contribution in [0.25, 0.3) is 0 Å². The first kappa shape index (κ1) is 22.8. The topological polar surface area (TPSA) is 90.4 Å². The van der Waals surface area contributed by atoms with E-state index >= 15 is 0 Å². The molecule has 2 N–H and O–H groups in total. The number of rotatable bonds is 0. The predicted octanol–water partition coefficient (Wildman–Crippen LogP) is -4.55. The van der Waals surface area contributed by atoms with E-state index in [1.807, 2.05) is 0 Å². The van der Waals surface area contributed by atoms with Crippen molar-refractivity contribution in [2.24, 2.45) is 0 Å². The van der Waals surface area contributed by atoms with Crippen LogP contribution in [0.5, 0.6) is 0 Å². The van der Waals surface area contributed by atoms with E-state index in [4.69, 9.17) is 14.4 Å². The van der Waals surface area contributed by atoms with E-state index in [0.29, 0.717) is 0 Å². The Hall–Kier alpha value is 1.33. The van der Waals surface area contributed by atoms with Crippen molar-refractivity contribution in [2.75, 3.05) is 6.26 Å². The summed E-state index contributed by atoms with van der Waals surface area (Å²) in [5.74, 6) is 0. The van der Waals surface area contributed by atoms with Gasteiger partial charge in [-0.15, -0.1) is 0 Å². The molecule has 0 saturated heterocycles. The van der Waals surface area contributed by atoms with Crippen LogP contribution in [0.2, 0.25) is 0 Å². The van der Waals surface area contributed by atoms with Gasteiger partial charge in [0.2, 0.25) is 0 Å². The quantitative estimate of drug-likeness (QED) is 0.224. The van der Waals surface area contributed by atoms with E-state index in [2.05, 4.69) is 12.6 Å². The van der Waals surface area contributed by atoms with Crippen molar-refractivity contribution < 1.29 is 49.4 Å². The van der Waals surface area contributed by atoms with Gasteiger partial charge in [-0.1, -0.05) is 0 Å². The van der Waals surface area contributed by atoms with E-state index in [1.54, 1.807) is 6.26 Å². The van der Waals surface area contributed by atoms with Gasteiger partial charge in [-0.05, 0) is 17.2 Å². The molecule has 0 saturated carbocycles. The Morgan fingerprint density at radius 2 is 1.62 bits per heavy atom. The standard InChI is InChI=1S/CH4S.Na.HO3P.H2O/c1-2;;1-4(2)3;/h2H,1H3;;(H,1,2,3);1H2/q;+1;;. The minimum atomic E-state index is -3.12. The summed E-state index contributed by atoms with van der Waals surface area (Å²) in [7, 11) is -3.12. The Labute approximate surface area is 76.3 Å². The van der Waals surface area contributed by atoms with Gasteiger partial charge in [0.25, 0.3) is 0 Å². The van der Waals surface area contributed by atoms with Gasteiger partial charge >= 0.3 is 37.8 Å². The molecular weight excluding hydrogens is 162 g/mol. The molecule has 0 fully saturated rings. The summed E-state index contributed by atoms with van der Waals surface area (Å²) in [6.07, 6.45) is 1.81. The second-order valence-corrected chi connectivity index (χ2v) is 0.714. The zero-order valence-electron chi connectivity index (χ0n) is 4.66. The zero-order valence-corrected chi connectivity index (χ0v) is 8.55. The maximum atomic E-state index is 8.59. The molecule has 0 radical (unpaired) electrons. The van der Waals surface area contributed by atoms with Crippen LogP contribution in [0.1, 0.15) is 0 Å². The molecule has 4 nitrogen and oxygen atoms in total. The monoisotopic (exact) mass is 169 g/mol. The van der Waals surface area contributed by atoms with Gasteiger partial charge in [0.05, 0.1) is 6.26 Å². The predicted molar refractivity (Wildman–Crippen MR) is 27.8 cm³/mol. The minimum absolute atomic E-state index is 0. The van der Waals surface area contributed by atoms with Crippen LogP contribution in [-0.4, -0.2) is 16.6 Å². The van der Waals surface area contributed by atoms with E-state index in [0.717, 1.165) is 0 Å². The van der Waals surface area contributed by atoms with Gasteiger partial charge < -0.3 is 10.4 Å². The second-order valence-electron chi connectivity index (χ2n) is 0.238. The molecule has 0 aliphatic rings. The van der Waals surface area contributed by atoms with E-state index in [1.165, 1.54) is 0 Å². The Kier molecular flexibility index (Phi) is 68.0.